The van der Waals surface area contributed by atoms with E-state index < -0.39 is 42.7 Å². The highest BCUT2D eigenvalue weighted by Gasteiger charge is 2.49. The predicted octanol–water partition coefficient (Wildman–Crippen LogP) is 2.15. The molecule has 1 aromatic rings. The maximum absolute atomic E-state index is 14.6. The van der Waals surface area contributed by atoms with Gasteiger partial charge < -0.3 is 18.9 Å². The van der Waals surface area contributed by atoms with Gasteiger partial charge in [0.05, 0.1) is 12.7 Å². The largest absolute Gasteiger partial charge is 0.456 e. The van der Waals surface area contributed by atoms with Crippen LogP contribution in [-0.2, 0) is 35.1 Å². The Bertz CT molecular complexity index is 563. The minimum absolute atomic E-state index is 0.210. The number of alkyl halides is 1. The Labute approximate surface area is 139 Å². The molecule has 0 bridgehead atoms. The summed E-state index contributed by atoms with van der Waals surface area (Å²) in [6, 6.07) is 9.32. The zero-order valence-electron chi connectivity index (χ0n) is 13.8. The Balaban J connectivity index is 2.11. The highest BCUT2D eigenvalue weighted by molar-refractivity contribution is 5.67. The molecule has 1 heterocycles. The molecule has 6 nitrogen and oxygen atoms in total. The zero-order valence-corrected chi connectivity index (χ0v) is 13.8. The van der Waals surface area contributed by atoms with Gasteiger partial charge in [-0.1, -0.05) is 30.3 Å². The van der Waals surface area contributed by atoms with E-state index in [1.807, 2.05) is 30.3 Å². The lowest BCUT2D eigenvalue weighted by atomic mass is 10.00. The van der Waals surface area contributed by atoms with Crippen molar-refractivity contribution in [3.8, 4) is 0 Å². The molecule has 1 fully saturated rings. The summed E-state index contributed by atoms with van der Waals surface area (Å²) in [5.41, 5.74) is 0.892. The first-order valence-corrected chi connectivity index (χ1v) is 7.68. The summed E-state index contributed by atoms with van der Waals surface area (Å²) in [5, 5.41) is 0. The summed E-state index contributed by atoms with van der Waals surface area (Å²) in [7, 11) is 0. The first kappa shape index (κ1) is 18.4. The van der Waals surface area contributed by atoms with Gasteiger partial charge >= 0.3 is 11.9 Å². The molecule has 0 amide bonds. The van der Waals surface area contributed by atoms with Crippen molar-refractivity contribution in [1.29, 1.82) is 0 Å². The summed E-state index contributed by atoms with van der Waals surface area (Å²) in [5.74, 6) is -1.33. The third-order valence-electron chi connectivity index (χ3n) is 3.58. The molecule has 0 N–H and O–H groups in total. The van der Waals surface area contributed by atoms with Gasteiger partial charge in [0.2, 0.25) is 12.5 Å². The fourth-order valence-corrected chi connectivity index (χ4v) is 2.54. The predicted molar refractivity (Wildman–Crippen MR) is 81.6 cm³/mol. The van der Waals surface area contributed by atoms with Gasteiger partial charge in [0.1, 0.15) is 6.10 Å². The van der Waals surface area contributed by atoms with Gasteiger partial charge in [0.15, 0.2) is 6.10 Å². The summed E-state index contributed by atoms with van der Waals surface area (Å²) >= 11 is 0. The minimum Gasteiger partial charge on any atom is -0.456 e. The summed E-state index contributed by atoms with van der Waals surface area (Å²) in [6.07, 6.45) is -5.95. The van der Waals surface area contributed by atoms with Crippen molar-refractivity contribution in [1.82, 2.24) is 0 Å². The molecular formula is C17H21FO6. The molecule has 0 aliphatic carbocycles. The second-order valence-electron chi connectivity index (χ2n) is 5.60. The van der Waals surface area contributed by atoms with E-state index in [-0.39, 0.29) is 6.61 Å². The molecule has 0 spiro atoms. The zero-order chi connectivity index (χ0) is 17.7. The molecule has 24 heavy (non-hydrogen) atoms. The first-order valence-electron chi connectivity index (χ1n) is 7.68. The average molecular weight is 340 g/mol. The molecule has 0 radical (unpaired) electrons. The van der Waals surface area contributed by atoms with Crippen molar-refractivity contribution in [2.24, 2.45) is 0 Å². The minimum atomic E-state index is -1.84. The van der Waals surface area contributed by atoms with Gasteiger partial charge in [0, 0.05) is 13.8 Å². The van der Waals surface area contributed by atoms with E-state index in [0.29, 0.717) is 0 Å². The molecule has 2 rings (SSSR count). The van der Waals surface area contributed by atoms with Crippen molar-refractivity contribution in [3.05, 3.63) is 35.9 Å². The van der Waals surface area contributed by atoms with Gasteiger partial charge in [-0.05, 0) is 12.5 Å². The van der Waals surface area contributed by atoms with Gasteiger partial charge in [-0.25, -0.2) is 4.39 Å². The van der Waals surface area contributed by atoms with Crippen LogP contribution in [0.1, 0.15) is 26.3 Å². The maximum Gasteiger partial charge on any atom is 0.305 e. The van der Waals surface area contributed by atoms with Gasteiger partial charge in [0.25, 0.3) is 0 Å². The molecule has 7 heteroatoms. The van der Waals surface area contributed by atoms with E-state index in [2.05, 4.69) is 0 Å². The highest BCUT2D eigenvalue weighted by atomic mass is 19.1. The van der Waals surface area contributed by atoms with E-state index in [9.17, 15) is 14.0 Å². The van der Waals surface area contributed by atoms with Crippen molar-refractivity contribution in [2.45, 2.75) is 58.2 Å². The maximum atomic E-state index is 14.6. The Hall–Kier alpha value is -1.99. The number of hydrogen-bond donors (Lipinski definition) is 0. The van der Waals surface area contributed by atoms with E-state index in [1.54, 1.807) is 6.92 Å². The monoisotopic (exact) mass is 340 g/mol. The SMILES string of the molecule is CC(=O)O[C@H]1O[C@@H](C)[C@@H](OCc2ccccc2)[C@@H](OC(C)=O)[C@H]1F. The van der Waals surface area contributed by atoms with E-state index >= 15 is 0 Å². The van der Waals surface area contributed by atoms with E-state index in [4.69, 9.17) is 18.9 Å². The number of esters is 2. The van der Waals surface area contributed by atoms with Crippen LogP contribution in [0.3, 0.4) is 0 Å². The van der Waals surface area contributed by atoms with Crippen LogP contribution in [-0.4, -0.2) is 42.7 Å². The van der Waals surface area contributed by atoms with Crippen LogP contribution in [0.15, 0.2) is 30.3 Å². The number of hydrogen-bond acceptors (Lipinski definition) is 6. The fraction of sp³-hybridized carbons (Fsp3) is 0.529. The van der Waals surface area contributed by atoms with Crippen LogP contribution < -0.4 is 0 Å². The Morgan fingerprint density at radius 1 is 1.08 bits per heavy atom. The number of halogens is 1. The Morgan fingerprint density at radius 2 is 1.71 bits per heavy atom. The van der Waals surface area contributed by atoms with Crippen molar-refractivity contribution in [2.75, 3.05) is 0 Å². The number of rotatable bonds is 5. The molecule has 5 atom stereocenters. The number of carbonyl (C=O) groups is 2. The standard InChI is InChI=1S/C17H21FO6/c1-10-15(21-9-13-7-5-4-6-8-13)16(23-11(2)19)14(18)17(22-10)24-12(3)20/h4-8,10,14-17H,9H2,1-3H3/t10-,14+,15+,16-,17+/m0/s1. The van der Waals surface area contributed by atoms with Crippen LogP contribution in [0.2, 0.25) is 0 Å². The van der Waals surface area contributed by atoms with Crippen molar-refractivity contribution in [3.63, 3.8) is 0 Å². The number of ether oxygens (including phenoxy) is 4. The quantitative estimate of drug-likeness (QED) is 0.765. The molecular weight excluding hydrogens is 319 g/mol. The lowest BCUT2D eigenvalue weighted by Crippen LogP contribution is -2.58. The smallest absolute Gasteiger partial charge is 0.305 e. The first-order chi connectivity index (χ1) is 11.4. The van der Waals surface area contributed by atoms with Crippen molar-refractivity contribution >= 4 is 11.9 Å². The summed E-state index contributed by atoms with van der Waals surface area (Å²) in [6.45, 7) is 4.19. The number of carbonyl (C=O) groups excluding carboxylic acids is 2. The molecule has 1 aromatic carbocycles. The van der Waals surface area contributed by atoms with Gasteiger partial charge in [-0.2, -0.15) is 0 Å². The van der Waals surface area contributed by atoms with Gasteiger partial charge in [-0.3, -0.25) is 9.59 Å². The summed E-state index contributed by atoms with van der Waals surface area (Å²) < 4.78 is 35.6. The van der Waals surface area contributed by atoms with Crippen LogP contribution in [0, 0.1) is 0 Å². The normalized spacial score (nSPS) is 29.8. The Morgan fingerprint density at radius 3 is 2.29 bits per heavy atom. The second kappa shape index (κ2) is 8.21. The van der Waals surface area contributed by atoms with Crippen LogP contribution >= 0.6 is 0 Å². The molecule has 1 aliphatic rings. The molecule has 1 saturated heterocycles. The molecule has 132 valence electrons. The highest BCUT2D eigenvalue weighted by Crippen LogP contribution is 2.29. The molecule has 0 saturated carbocycles. The van der Waals surface area contributed by atoms with Crippen molar-refractivity contribution < 1.29 is 32.9 Å². The third-order valence-corrected chi connectivity index (χ3v) is 3.58. The van der Waals surface area contributed by atoms with Crippen LogP contribution in [0.25, 0.3) is 0 Å². The average Bonchev–Trinajstić information content (AvgIpc) is 2.51. The van der Waals surface area contributed by atoms with Gasteiger partial charge in [-0.15, -0.1) is 0 Å². The van der Waals surface area contributed by atoms with Crippen LogP contribution in [0.4, 0.5) is 4.39 Å². The topological polar surface area (TPSA) is 71.1 Å². The lowest BCUT2D eigenvalue weighted by molar-refractivity contribution is -0.281. The lowest BCUT2D eigenvalue weighted by Gasteiger charge is -2.41. The van der Waals surface area contributed by atoms with Crippen LogP contribution in [0.5, 0.6) is 0 Å². The Kier molecular flexibility index (Phi) is 6.28. The third kappa shape index (κ3) is 4.75. The molecule has 0 aromatic heterocycles. The molecule has 1 aliphatic heterocycles. The number of benzene rings is 1. The fourth-order valence-electron chi connectivity index (χ4n) is 2.54. The summed E-state index contributed by atoms with van der Waals surface area (Å²) in [4.78, 5) is 22.4. The molecule has 0 unspecified atom stereocenters. The van der Waals surface area contributed by atoms with E-state index in [1.165, 1.54) is 6.92 Å². The van der Waals surface area contributed by atoms with E-state index in [0.717, 1.165) is 12.5 Å². The second-order valence-corrected chi connectivity index (χ2v) is 5.60.